The summed E-state index contributed by atoms with van der Waals surface area (Å²) >= 11 is 0. The van der Waals surface area contributed by atoms with Crippen LogP contribution in [0.1, 0.15) is 44.6 Å². The van der Waals surface area contributed by atoms with Crippen molar-refractivity contribution in [1.82, 2.24) is 0 Å². The molecule has 116 valence electrons. The Labute approximate surface area is 127 Å². The van der Waals surface area contributed by atoms with E-state index in [4.69, 9.17) is 11.5 Å². The number of nitrogens with zero attached hydrogens (tertiary/aromatic N) is 2. The summed E-state index contributed by atoms with van der Waals surface area (Å²) in [4.78, 5) is 8.24. The first kappa shape index (κ1) is 17.0. The molecule has 0 spiro atoms. The molecule has 5 heteroatoms. The average molecular weight is 289 g/mol. The van der Waals surface area contributed by atoms with E-state index in [9.17, 15) is 0 Å². The highest BCUT2D eigenvalue weighted by molar-refractivity contribution is 6.00. The van der Waals surface area contributed by atoms with Crippen LogP contribution in [0.5, 0.6) is 0 Å². The van der Waals surface area contributed by atoms with E-state index in [1.165, 1.54) is 31.2 Å². The van der Waals surface area contributed by atoms with Crippen molar-refractivity contribution in [3.05, 3.63) is 29.8 Å². The van der Waals surface area contributed by atoms with Crippen molar-refractivity contribution >= 4 is 17.6 Å². The SMILES string of the molecule is CCCCCCCN=C(N)N=C(N)Nc1ccc(C)cc1. The van der Waals surface area contributed by atoms with Crippen molar-refractivity contribution in [2.75, 3.05) is 11.9 Å². The first-order valence-electron chi connectivity index (χ1n) is 7.59. The summed E-state index contributed by atoms with van der Waals surface area (Å²) in [6.45, 7) is 4.94. The van der Waals surface area contributed by atoms with Crippen LogP contribution in [-0.4, -0.2) is 18.5 Å². The van der Waals surface area contributed by atoms with Gasteiger partial charge in [-0.05, 0) is 25.5 Å². The molecule has 0 amide bonds. The van der Waals surface area contributed by atoms with Gasteiger partial charge in [-0.15, -0.1) is 0 Å². The van der Waals surface area contributed by atoms with Crippen LogP contribution in [0.3, 0.4) is 0 Å². The Morgan fingerprint density at radius 3 is 2.38 bits per heavy atom. The molecule has 0 heterocycles. The number of anilines is 1. The van der Waals surface area contributed by atoms with Gasteiger partial charge in [-0.25, -0.2) is 0 Å². The molecule has 0 radical (unpaired) electrons. The zero-order valence-corrected chi connectivity index (χ0v) is 13.1. The number of aryl methyl sites for hydroxylation is 1. The fourth-order valence-corrected chi connectivity index (χ4v) is 1.88. The molecular formula is C16H27N5. The van der Waals surface area contributed by atoms with Crippen molar-refractivity contribution in [3.63, 3.8) is 0 Å². The smallest absolute Gasteiger partial charge is 0.218 e. The van der Waals surface area contributed by atoms with E-state index < -0.39 is 0 Å². The Hall–Kier alpha value is -2.04. The van der Waals surface area contributed by atoms with Crippen LogP contribution < -0.4 is 16.8 Å². The van der Waals surface area contributed by atoms with Crippen molar-refractivity contribution in [2.24, 2.45) is 21.5 Å². The normalized spacial score (nSPS) is 12.5. The van der Waals surface area contributed by atoms with Gasteiger partial charge in [0.15, 0.2) is 0 Å². The number of nitrogens with two attached hydrogens (primary N) is 2. The van der Waals surface area contributed by atoms with E-state index in [0.717, 1.165) is 12.1 Å². The molecule has 0 aliphatic rings. The molecule has 21 heavy (non-hydrogen) atoms. The lowest BCUT2D eigenvalue weighted by atomic mass is 10.2. The molecule has 0 fully saturated rings. The number of hydrogen-bond acceptors (Lipinski definition) is 1. The van der Waals surface area contributed by atoms with Gasteiger partial charge in [-0.1, -0.05) is 50.3 Å². The molecule has 0 aliphatic heterocycles. The van der Waals surface area contributed by atoms with Crippen LogP contribution in [0.15, 0.2) is 34.3 Å². The molecule has 0 aromatic heterocycles. The maximum absolute atomic E-state index is 5.79. The van der Waals surface area contributed by atoms with Crippen molar-refractivity contribution in [2.45, 2.75) is 46.0 Å². The molecule has 0 bridgehead atoms. The monoisotopic (exact) mass is 289 g/mol. The van der Waals surface area contributed by atoms with Gasteiger partial charge in [0.25, 0.3) is 0 Å². The first-order chi connectivity index (χ1) is 10.1. The van der Waals surface area contributed by atoms with E-state index >= 15 is 0 Å². The average Bonchev–Trinajstić information content (AvgIpc) is 2.45. The Balaban J connectivity index is 2.36. The Morgan fingerprint density at radius 1 is 1.05 bits per heavy atom. The molecule has 0 saturated heterocycles. The van der Waals surface area contributed by atoms with Gasteiger partial charge in [0, 0.05) is 12.2 Å². The highest BCUT2D eigenvalue weighted by Crippen LogP contribution is 2.07. The van der Waals surface area contributed by atoms with Crippen LogP contribution in [0, 0.1) is 6.92 Å². The van der Waals surface area contributed by atoms with E-state index in [1.807, 2.05) is 31.2 Å². The van der Waals surface area contributed by atoms with E-state index in [-0.39, 0.29) is 11.9 Å². The van der Waals surface area contributed by atoms with Crippen molar-refractivity contribution < 1.29 is 0 Å². The summed E-state index contributed by atoms with van der Waals surface area (Å²) in [5, 5.41) is 2.99. The first-order valence-corrected chi connectivity index (χ1v) is 7.59. The molecular weight excluding hydrogens is 262 g/mol. The van der Waals surface area contributed by atoms with Crippen LogP contribution >= 0.6 is 0 Å². The van der Waals surface area contributed by atoms with Crippen LogP contribution in [0.2, 0.25) is 0 Å². The molecule has 5 nitrogen and oxygen atoms in total. The molecule has 0 unspecified atom stereocenters. The van der Waals surface area contributed by atoms with Crippen LogP contribution in [-0.2, 0) is 0 Å². The minimum atomic E-state index is 0.225. The summed E-state index contributed by atoms with van der Waals surface area (Å²) in [6, 6.07) is 7.89. The van der Waals surface area contributed by atoms with Crippen LogP contribution in [0.25, 0.3) is 0 Å². The molecule has 0 atom stereocenters. The third-order valence-electron chi connectivity index (χ3n) is 3.09. The lowest BCUT2D eigenvalue weighted by Crippen LogP contribution is -2.26. The third kappa shape index (κ3) is 7.97. The Morgan fingerprint density at radius 2 is 1.71 bits per heavy atom. The standard InChI is InChI=1S/C16H27N5/c1-3-4-5-6-7-12-19-15(17)21-16(18)20-14-10-8-13(2)9-11-14/h8-11H,3-7,12H2,1-2H3,(H5,17,18,19,20,21). The highest BCUT2D eigenvalue weighted by Gasteiger charge is 1.96. The van der Waals surface area contributed by atoms with E-state index in [0.29, 0.717) is 6.54 Å². The summed E-state index contributed by atoms with van der Waals surface area (Å²) in [6.07, 6.45) is 6.01. The second-order valence-electron chi connectivity index (χ2n) is 5.14. The Bertz CT molecular complexity index is 462. The second-order valence-corrected chi connectivity index (χ2v) is 5.14. The summed E-state index contributed by atoms with van der Waals surface area (Å²) in [5.74, 6) is 0.480. The fraction of sp³-hybridized carbons (Fsp3) is 0.500. The van der Waals surface area contributed by atoms with Gasteiger partial charge in [0.2, 0.25) is 11.9 Å². The number of aliphatic imine (C=N–C) groups is 2. The number of hydrogen-bond donors (Lipinski definition) is 3. The zero-order chi connectivity index (χ0) is 15.5. The van der Waals surface area contributed by atoms with Gasteiger partial charge >= 0.3 is 0 Å². The van der Waals surface area contributed by atoms with Gasteiger partial charge < -0.3 is 16.8 Å². The van der Waals surface area contributed by atoms with Gasteiger partial charge in [-0.3, -0.25) is 4.99 Å². The van der Waals surface area contributed by atoms with E-state index in [1.54, 1.807) is 0 Å². The maximum atomic E-state index is 5.79. The molecule has 1 aromatic rings. The maximum Gasteiger partial charge on any atom is 0.218 e. The quantitative estimate of drug-likeness (QED) is 0.409. The summed E-state index contributed by atoms with van der Waals surface area (Å²) in [5.41, 5.74) is 13.6. The topological polar surface area (TPSA) is 88.8 Å². The minimum Gasteiger partial charge on any atom is -0.369 e. The van der Waals surface area contributed by atoms with Crippen molar-refractivity contribution in [3.8, 4) is 0 Å². The van der Waals surface area contributed by atoms with Gasteiger partial charge in [-0.2, -0.15) is 4.99 Å². The predicted octanol–water partition coefficient (Wildman–Crippen LogP) is 3.01. The summed E-state index contributed by atoms with van der Waals surface area (Å²) < 4.78 is 0. The third-order valence-corrected chi connectivity index (χ3v) is 3.09. The second kappa shape index (κ2) is 9.80. The van der Waals surface area contributed by atoms with Crippen LogP contribution in [0.4, 0.5) is 5.69 Å². The lowest BCUT2D eigenvalue weighted by Gasteiger charge is -2.05. The number of guanidine groups is 2. The molecule has 1 aromatic carbocycles. The largest absolute Gasteiger partial charge is 0.369 e. The zero-order valence-electron chi connectivity index (χ0n) is 13.1. The number of unbranched alkanes of at least 4 members (excludes halogenated alkanes) is 4. The predicted molar refractivity (Wildman–Crippen MR) is 91.7 cm³/mol. The number of nitrogens with one attached hydrogen (secondary N) is 1. The molecule has 5 N–H and O–H groups in total. The van der Waals surface area contributed by atoms with Gasteiger partial charge in [0.1, 0.15) is 0 Å². The molecule has 0 aliphatic carbocycles. The lowest BCUT2D eigenvalue weighted by molar-refractivity contribution is 0.638. The minimum absolute atomic E-state index is 0.225. The molecule has 1 rings (SSSR count). The molecule has 0 saturated carbocycles. The summed E-state index contributed by atoms with van der Waals surface area (Å²) in [7, 11) is 0. The van der Waals surface area contributed by atoms with Gasteiger partial charge in [0.05, 0.1) is 0 Å². The fourth-order valence-electron chi connectivity index (χ4n) is 1.88. The number of rotatable bonds is 7. The highest BCUT2D eigenvalue weighted by atomic mass is 15.2. The van der Waals surface area contributed by atoms with Crippen molar-refractivity contribution in [1.29, 1.82) is 0 Å². The Kier molecular flexibility index (Phi) is 7.94. The van der Waals surface area contributed by atoms with E-state index in [2.05, 4.69) is 22.2 Å². The number of benzene rings is 1.